The lowest BCUT2D eigenvalue weighted by Gasteiger charge is -2.10. The maximum absolute atomic E-state index is 8.74. The van der Waals surface area contributed by atoms with Crippen molar-refractivity contribution in [3.63, 3.8) is 0 Å². The second-order valence-electron chi connectivity index (χ2n) is 4.75. The maximum Gasteiger partial charge on any atom is 0.323 e. The van der Waals surface area contributed by atoms with Gasteiger partial charge in [-0.1, -0.05) is 13.8 Å². The minimum Gasteiger partial charge on any atom is -0.463 e. The zero-order valence-electron chi connectivity index (χ0n) is 13.1. The number of aliphatic hydroxyl groups is 1. The lowest BCUT2D eigenvalue weighted by Crippen LogP contribution is -2.12. The Kier molecular flexibility index (Phi) is 9.19. The van der Waals surface area contributed by atoms with Gasteiger partial charge in [0.25, 0.3) is 0 Å². The molecule has 0 aliphatic heterocycles. The molecule has 1 heterocycles. The highest BCUT2D eigenvalue weighted by Crippen LogP contribution is 2.12. The molecule has 0 unspecified atom stereocenters. The number of ether oxygens (including phenoxy) is 1. The van der Waals surface area contributed by atoms with Gasteiger partial charge in [-0.15, -0.1) is 0 Å². The Labute approximate surface area is 126 Å². The van der Waals surface area contributed by atoms with Crippen molar-refractivity contribution in [1.29, 1.82) is 0 Å². The first-order valence-electron chi connectivity index (χ1n) is 7.77. The van der Waals surface area contributed by atoms with Crippen molar-refractivity contribution in [3.8, 4) is 6.01 Å². The molecule has 0 aliphatic carbocycles. The van der Waals surface area contributed by atoms with Crippen LogP contribution in [-0.4, -0.2) is 46.4 Å². The molecule has 0 fully saturated rings. The van der Waals surface area contributed by atoms with Crippen molar-refractivity contribution in [1.82, 2.24) is 15.0 Å². The smallest absolute Gasteiger partial charge is 0.323 e. The summed E-state index contributed by atoms with van der Waals surface area (Å²) in [6.45, 7) is 6.54. The minimum atomic E-state index is 0.242. The Morgan fingerprint density at radius 1 is 0.905 bits per heavy atom. The van der Waals surface area contributed by atoms with E-state index in [1.54, 1.807) is 0 Å². The number of nitrogens with one attached hydrogen (secondary N) is 2. The molecule has 21 heavy (non-hydrogen) atoms. The largest absolute Gasteiger partial charge is 0.463 e. The highest BCUT2D eigenvalue weighted by atomic mass is 16.5. The van der Waals surface area contributed by atoms with Crippen LogP contribution in [0.5, 0.6) is 6.01 Å². The van der Waals surface area contributed by atoms with Gasteiger partial charge in [0.15, 0.2) is 0 Å². The first-order valence-corrected chi connectivity index (χ1v) is 7.77. The van der Waals surface area contributed by atoms with E-state index >= 15 is 0 Å². The fourth-order valence-electron chi connectivity index (χ4n) is 1.62. The zero-order valence-corrected chi connectivity index (χ0v) is 13.1. The Morgan fingerprint density at radius 3 is 2.24 bits per heavy atom. The van der Waals surface area contributed by atoms with E-state index < -0.39 is 0 Å². The molecule has 1 aromatic rings. The van der Waals surface area contributed by atoms with Crippen LogP contribution in [0.15, 0.2) is 0 Å². The number of anilines is 2. The Morgan fingerprint density at radius 2 is 1.62 bits per heavy atom. The van der Waals surface area contributed by atoms with E-state index in [1.165, 1.54) is 0 Å². The molecule has 3 N–H and O–H groups in total. The van der Waals surface area contributed by atoms with E-state index in [0.29, 0.717) is 24.5 Å². The number of hydrogen-bond acceptors (Lipinski definition) is 7. The zero-order chi connectivity index (χ0) is 15.3. The summed E-state index contributed by atoms with van der Waals surface area (Å²) < 4.78 is 5.49. The first kappa shape index (κ1) is 17.4. The second kappa shape index (κ2) is 11.1. The number of hydrogen-bond donors (Lipinski definition) is 3. The van der Waals surface area contributed by atoms with Crippen LogP contribution in [0.25, 0.3) is 0 Å². The van der Waals surface area contributed by atoms with Crippen molar-refractivity contribution < 1.29 is 9.84 Å². The molecule has 7 heteroatoms. The summed E-state index contributed by atoms with van der Waals surface area (Å²) in [5.74, 6) is 1.06. The van der Waals surface area contributed by atoms with Crippen LogP contribution in [0.2, 0.25) is 0 Å². The number of aromatic nitrogens is 3. The fourth-order valence-corrected chi connectivity index (χ4v) is 1.62. The van der Waals surface area contributed by atoms with Crippen LogP contribution in [0, 0.1) is 0 Å². The average Bonchev–Trinajstić information content (AvgIpc) is 2.50. The number of aliphatic hydroxyl groups excluding tert-OH is 1. The standard InChI is InChI=1S/C14H27N5O2/c1-3-8-15-12-17-13(16-9-6-5-7-10-20)19-14(18-12)21-11-4-2/h20H,3-11H2,1-2H3,(H2,15,16,17,18,19). The fraction of sp³-hybridized carbons (Fsp3) is 0.786. The van der Waals surface area contributed by atoms with Crippen LogP contribution in [0.1, 0.15) is 46.0 Å². The van der Waals surface area contributed by atoms with Gasteiger partial charge in [0, 0.05) is 19.7 Å². The normalized spacial score (nSPS) is 10.4. The first-order chi connectivity index (χ1) is 10.3. The summed E-state index contributed by atoms with van der Waals surface area (Å²) in [4.78, 5) is 12.8. The van der Waals surface area contributed by atoms with Crippen LogP contribution >= 0.6 is 0 Å². The lowest BCUT2D eigenvalue weighted by molar-refractivity contribution is 0.283. The van der Waals surface area contributed by atoms with Gasteiger partial charge in [-0.3, -0.25) is 0 Å². The van der Waals surface area contributed by atoms with Crippen molar-refractivity contribution in [2.75, 3.05) is 36.9 Å². The van der Waals surface area contributed by atoms with Gasteiger partial charge in [-0.2, -0.15) is 15.0 Å². The quantitative estimate of drug-likeness (QED) is 0.508. The molecule has 0 amide bonds. The molecule has 1 aromatic heterocycles. The molecule has 0 bridgehead atoms. The molecule has 120 valence electrons. The third-order valence-electron chi connectivity index (χ3n) is 2.70. The number of unbranched alkanes of at least 4 members (excludes halogenated alkanes) is 2. The van der Waals surface area contributed by atoms with Crippen LogP contribution in [0.3, 0.4) is 0 Å². The molecule has 1 rings (SSSR count). The second-order valence-corrected chi connectivity index (χ2v) is 4.75. The van der Waals surface area contributed by atoms with E-state index in [9.17, 15) is 0 Å². The lowest BCUT2D eigenvalue weighted by atomic mass is 10.2. The predicted octanol–water partition coefficient (Wildman–Crippen LogP) is 2.06. The molecule has 0 aromatic carbocycles. The van der Waals surface area contributed by atoms with Gasteiger partial charge in [-0.05, 0) is 32.1 Å². The molecular weight excluding hydrogens is 270 g/mol. The van der Waals surface area contributed by atoms with Crippen molar-refractivity contribution in [2.45, 2.75) is 46.0 Å². The van der Waals surface area contributed by atoms with E-state index in [1.807, 2.05) is 6.92 Å². The van der Waals surface area contributed by atoms with E-state index in [-0.39, 0.29) is 6.61 Å². The SMILES string of the molecule is CCCNc1nc(NCCCCCO)nc(OCCC)n1. The van der Waals surface area contributed by atoms with Crippen molar-refractivity contribution in [2.24, 2.45) is 0 Å². The van der Waals surface area contributed by atoms with Crippen LogP contribution in [0.4, 0.5) is 11.9 Å². The van der Waals surface area contributed by atoms with Gasteiger partial charge in [0.2, 0.25) is 11.9 Å². The van der Waals surface area contributed by atoms with Crippen LogP contribution < -0.4 is 15.4 Å². The molecule has 0 saturated carbocycles. The Hall–Kier alpha value is -1.63. The molecule has 0 atom stereocenters. The minimum absolute atomic E-state index is 0.242. The monoisotopic (exact) mass is 297 g/mol. The van der Waals surface area contributed by atoms with Gasteiger partial charge in [-0.25, -0.2) is 0 Å². The average molecular weight is 297 g/mol. The van der Waals surface area contributed by atoms with E-state index in [4.69, 9.17) is 9.84 Å². The molecule has 0 aliphatic rings. The van der Waals surface area contributed by atoms with Crippen molar-refractivity contribution in [3.05, 3.63) is 0 Å². The maximum atomic E-state index is 8.74. The number of rotatable bonds is 12. The van der Waals surface area contributed by atoms with E-state index in [2.05, 4.69) is 32.5 Å². The topological polar surface area (TPSA) is 92.2 Å². The molecule has 0 spiro atoms. The highest BCUT2D eigenvalue weighted by Gasteiger charge is 2.06. The molecule has 0 radical (unpaired) electrons. The van der Waals surface area contributed by atoms with Gasteiger partial charge >= 0.3 is 6.01 Å². The summed E-state index contributed by atoms with van der Waals surface area (Å²) in [5, 5.41) is 15.1. The van der Waals surface area contributed by atoms with Crippen molar-refractivity contribution >= 4 is 11.9 Å². The van der Waals surface area contributed by atoms with E-state index in [0.717, 1.165) is 45.2 Å². The molecule has 0 saturated heterocycles. The van der Waals surface area contributed by atoms with Gasteiger partial charge in [0.05, 0.1) is 6.61 Å². The summed E-state index contributed by atoms with van der Waals surface area (Å²) in [5.41, 5.74) is 0. The summed E-state index contributed by atoms with van der Waals surface area (Å²) in [6, 6.07) is 0.350. The summed E-state index contributed by atoms with van der Waals surface area (Å²) in [7, 11) is 0. The Bertz CT molecular complexity index is 363. The summed E-state index contributed by atoms with van der Waals surface area (Å²) >= 11 is 0. The Balaban J connectivity index is 2.57. The summed E-state index contributed by atoms with van der Waals surface area (Å²) in [6.07, 6.45) is 4.69. The highest BCUT2D eigenvalue weighted by molar-refractivity contribution is 5.35. The molecule has 7 nitrogen and oxygen atoms in total. The molecular formula is C14H27N5O2. The van der Waals surface area contributed by atoms with Gasteiger partial charge < -0.3 is 20.5 Å². The van der Waals surface area contributed by atoms with Crippen LogP contribution in [-0.2, 0) is 0 Å². The third-order valence-corrected chi connectivity index (χ3v) is 2.70. The number of nitrogens with zero attached hydrogens (tertiary/aromatic N) is 3. The van der Waals surface area contributed by atoms with Gasteiger partial charge in [0.1, 0.15) is 0 Å². The third kappa shape index (κ3) is 7.65. The predicted molar refractivity (Wildman–Crippen MR) is 83.8 cm³/mol.